The summed E-state index contributed by atoms with van der Waals surface area (Å²) < 4.78 is 5.49. The molecular weight excluding hydrogens is 395 g/mol. The van der Waals surface area contributed by atoms with E-state index in [0.717, 1.165) is 0 Å². The lowest BCUT2D eigenvalue weighted by molar-refractivity contribution is 0.0922. The van der Waals surface area contributed by atoms with E-state index in [1.807, 2.05) is 4.98 Å². The zero-order valence-corrected chi connectivity index (χ0v) is 15.1. The van der Waals surface area contributed by atoms with Crippen molar-refractivity contribution >= 4 is 46.4 Å². The number of nitrogens with one attached hydrogen (secondary N) is 3. The Hall–Kier alpha value is -2.16. The highest BCUT2D eigenvalue weighted by atomic mass is 35.5. The number of hydrogen-bond acceptors (Lipinski definition) is 5. The quantitative estimate of drug-likeness (QED) is 0.562. The molecule has 0 aliphatic rings. The number of anilines is 1. The lowest BCUT2D eigenvalue weighted by atomic mass is 10.3. The molecule has 134 valence electrons. The van der Waals surface area contributed by atoms with Gasteiger partial charge in [0.1, 0.15) is 23.0 Å². The summed E-state index contributed by atoms with van der Waals surface area (Å²) in [6.45, 7) is 1.63. The fourth-order valence-electron chi connectivity index (χ4n) is 1.86. The number of carbonyl (C=O) groups is 1. The van der Waals surface area contributed by atoms with Crippen LogP contribution in [-0.2, 0) is 0 Å². The summed E-state index contributed by atoms with van der Waals surface area (Å²) in [5.74, 6) is -0.555. The molecule has 2 aromatic rings. The Labute approximate surface area is 156 Å². The van der Waals surface area contributed by atoms with E-state index >= 15 is 0 Å². The van der Waals surface area contributed by atoms with Crippen molar-refractivity contribution in [1.82, 2.24) is 15.3 Å². The van der Waals surface area contributed by atoms with Crippen LogP contribution in [0, 0.1) is 0 Å². The molecule has 1 atom stereocenters. The molecule has 8 nitrogen and oxygen atoms in total. The van der Waals surface area contributed by atoms with E-state index in [9.17, 15) is 14.4 Å². The number of amides is 1. The van der Waals surface area contributed by atoms with Crippen LogP contribution in [-0.4, -0.2) is 28.5 Å². The molecule has 11 heteroatoms. The monoisotopic (exact) mass is 406 g/mol. The highest BCUT2D eigenvalue weighted by molar-refractivity contribution is 6.44. The molecule has 2 rings (SSSR count). The minimum Gasteiger partial charge on any atom is -0.488 e. The first-order valence-corrected chi connectivity index (χ1v) is 8.03. The third kappa shape index (κ3) is 4.47. The number of aromatic amines is 2. The van der Waals surface area contributed by atoms with Crippen LogP contribution in [0.1, 0.15) is 17.4 Å². The topological polar surface area (TPSA) is 130 Å². The maximum absolute atomic E-state index is 12.1. The third-order valence-corrected chi connectivity index (χ3v) is 4.15. The van der Waals surface area contributed by atoms with E-state index in [4.69, 9.17) is 45.3 Å². The van der Waals surface area contributed by atoms with Gasteiger partial charge in [0.25, 0.3) is 11.5 Å². The molecule has 1 aromatic carbocycles. The first kappa shape index (κ1) is 19.2. The van der Waals surface area contributed by atoms with Gasteiger partial charge in [-0.2, -0.15) is 0 Å². The fraction of sp³-hybridized carbons (Fsp3) is 0.214. The minimum atomic E-state index is -0.852. The second kappa shape index (κ2) is 7.81. The van der Waals surface area contributed by atoms with Crippen molar-refractivity contribution in [2.75, 3.05) is 12.3 Å². The average molecular weight is 408 g/mol. The van der Waals surface area contributed by atoms with Gasteiger partial charge in [-0.15, -0.1) is 0 Å². The molecule has 1 amide bonds. The summed E-state index contributed by atoms with van der Waals surface area (Å²) in [7, 11) is 0. The molecule has 0 fully saturated rings. The van der Waals surface area contributed by atoms with Gasteiger partial charge >= 0.3 is 5.69 Å². The average Bonchev–Trinajstić information content (AvgIpc) is 2.54. The first-order valence-electron chi connectivity index (χ1n) is 6.90. The van der Waals surface area contributed by atoms with E-state index < -0.39 is 28.9 Å². The fourth-order valence-corrected chi connectivity index (χ4v) is 2.49. The number of carbonyl (C=O) groups excluding carboxylic acids is 1. The van der Waals surface area contributed by atoms with Gasteiger partial charge in [0.15, 0.2) is 5.75 Å². The Balaban J connectivity index is 2.08. The molecule has 0 spiro atoms. The number of nitrogen functional groups attached to an aromatic ring is 1. The van der Waals surface area contributed by atoms with Gasteiger partial charge in [-0.25, -0.2) is 4.79 Å². The Bertz CT molecular complexity index is 925. The second-order valence-corrected chi connectivity index (χ2v) is 6.25. The van der Waals surface area contributed by atoms with Gasteiger partial charge in [0, 0.05) is 0 Å². The standard InChI is InChI=1S/C14H13Cl3N4O4/c1-5(4-25-11-7(16)3-2-6(15)8(11)17)19-13(23)10-9(18)12(22)21-14(24)20-10/h2-3,5H,4,18H2,1H3,(H,19,23)(H2,20,21,22,24). The smallest absolute Gasteiger partial charge is 0.326 e. The molecule has 1 aromatic heterocycles. The second-order valence-electron chi connectivity index (χ2n) is 5.05. The Kier molecular flexibility index (Phi) is 5.99. The van der Waals surface area contributed by atoms with E-state index in [1.54, 1.807) is 6.92 Å². The van der Waals surface area contributed by atoms with Crippen LogP contribution in [0.4, 0.5) is 5.69 Å². The molecule has 0 aliphatic heterocycles. The Morgan fingerprint density at radius 2 is 1.88 bits per heavy atom. The Morgan fingerprint density at radius 1 is 1.24 bits per heavy atom. The summed E-state index contributed by atoms with van der Waals surface area (Å²) in [4.78, 5) is 38.9. The summed E-state index contributed by atoms with van der Waals surface area (Å²) in [6.07, 6.45) is 0. The number of nitrogens with two attached hydrogens (primary N) is 1. The number of rotatable bonds is 5. The number of ether oxygens (including phenoxy) is 1. The SMILES string of the molecule is CC(COc1c(Cl)ccc(Cl)c1Cl)NC(=O)c1[nH]c(=O)[nH]c(=O)c1N. The zero-order chi connectivity index (χ0) is 18.7. The van der Waals surface area contributed by atoms with Crippen molar-refractivity contribution in [3.63, 3.8) is 0 Å². The summed E-state index contributed by atoms with van der Waals surface area (Å²) in [5.41, 5.74) is 3.07. The van der Waals surface area contributed by atoms with E-state index in [1.165, 1.54) is 12.1 Å². The van der Waals surface area contributed by atoms with E-state index in [2.05, 4.69) is 10.3 Å². The van der Waals surface area contributed by atoms with Crippen LogP contribution in [0.5, 0.6) is 5.75 Å². The van der Waals surface area contributed by atoms with Crippen LogP contribution < -0.4 is 27.0 Å². The minimum absolute atomic E-state index is 0.00114. The predicted octanol–water partition coefficient (Wildman–Crippen LogP) is 1.80. The lowest BCUT2D eigenvalue weighted by Gasteiger charge is -2.17. The van der Waals surface area contributed by atoms with Crippen molar-refractivity contribution in [3.8, 4) is 5.75 Å². The molecule has 0 radical (unpaired) electrons. The van der Waals surface area contributed by atoms with Gasteiger partial charge in [0.2, 0.25) is 0 Å². The summed E-state index contributed by atoms with van der Waals surface area (Å²) in [6, 6.07) is 2.52. The summed E-state index contributed by atoms with van der Waals surface area (Å²) >= 11 is 17.9. The van der Waals surface area contributed by atoms with Crippen LogP contribution in [0.25, 0.3) is 0 Å². The number of halogens is 3. The lowest BCUT2D eigenvalue weighted by Crippen LogP contribution is -2.40. The van der Waals surface area contributed by atoms with Crippen LogP contribution in [0.3, 0.4) is 0 Å². The maximum Gasteiger partial charge on any atom is 0.326 e. The molecule has 0 saturated heterocycles. The number of benzene rings is 1. The van der Waals surface area contributed by atoms with Crippen molar-refractivity contribution in [1.29, 1.82) is 0 Å². The van der Waals surface area contributed by atoms with Gasteiger partial charge in [-0.05, 0) is 19.1 Å². The van der Waals surface area contributed by atoms with Gasteiger partial charge in [-0.1, -0.05) is 34.8 Å². The zero-order valence-electron chi connectivity index (χ0n) is 12.8. The summed E-state index contributed by atoms with van der Waals surface area (Å²) in [5, 5.41) is 3.21. The van der Waals surface area contributed by atoms with Crippen molar-refractivity contribution in [3.05, 3.63) is 53.7 Å². The Morgan fingerprint density at radius 3 is 2.56 bits per heavy atom. The van der Waals surface area contributed by atoms with Crippen molar-refractivity contribution in [2.45, 2.75) is 13.0 Å². The number of hydrogen-bond donors (Lipinski definition) is 4. The molecule has 0 bridgehead atoms. The van der Waals surface area contributed by atoms with E-state index in [-0.39, 0.29) is 33.1 Å². The van der Waals surface area contributed by atoms with Crippen molar-refractivity contribution < 1.29 is 9.53 Å². The third-order valence-electron chi connectivity index (χ3n) is 3.06. The largest absolute Gasteiger partial charge is 0.488 e. The molecule has 0 saturated carbocycles. The van der Waals surface area contributed by atoms with Gasteiger partial charge in [-0.3, -0.25) is 14.6 Å². The number of aromatic nitrogens is 2. The molecule has 25 heavy (non-hydrogen) atoms. The van der Waals surface area contributed by atoms with Crippen LogP contribution in [0.2, 0.25) is 15.1 Å². The normalized spacial score (nSPS) is 11.8. The van der Waals surface area contributed by atoms with Crippen LogP contribution in [0.15, 0.2) is 21.7 Å². The predicted molar refractivity (Wildman–Crippen MR) is 96.0 cm³/mol. The van der Waals surface area contributed by atoms with Gasteiger partial charge in [0.05, 0.1) is 16.1 Å². The first-order chi connectivity index (χ1) is 11.7. The maximum atomic E-state index is 12.1. The van der Waals surface area contributed by atoms with Crippen LogP contribution >= 0.6 is 34.8 Å². The molecular formula is C14H13Cl3N4O4. The highest BCUT2D eigenvalue weighted by Crippen LogP contribution is 2.37. The van der Waals surface area contributed by atoms with Crippen molar-refractivity contribution in [2.24, 2.45) is 0 Å². The molecule has 1 heterocycles. The molecule has 5 N–H and O–H groups in total. The van der Waals surface area contributed by atoms with Gasteiger partial charge < -0.3 is 20.8 Å². The highest BCUT2D eigenvalue weighted by Gasteiger charge is 2.18. The number of H-pyrrole nitrogens is 2. The van der Waals surface area contributed by atoms with E-state index in [0.29, 0.717) is 0 Å². The molecule has 1 unspecified atom stereocenters. The molecule has 0 aliphatic carbocycles.